The largest absolute Gasteiger partial charge is 0.466 e. The monoisotopic (exact) mass is 497 g/mol. The number of para-hydroxylation sites is 1. The third kappa shape index (κ3) is 6.15. The van der Waals surface area contributed by atoms with Crippen molar-refractivity contribution in [3.8, 4) is 0 Å². The van der Waals surface area contributed by atoms with Crippen molar-refractivity contribution in [2.45, 2.75) is 75.7 Å². The van der Waals surface area contributed by atoms with Crippen LogP contribution in [-0.2, 0) is 20.9 Å². The maximum atomic E-state index is 13.4. The van der Waals surface area contributed by atoms with Gasteiger partial charge in [-0.2, -0.15) is 0 Å². The van der Waals surface area contributed by atoms with Crippen LogP contribution in [0.2, 0.25) is 0 Å². The minimum Gasteiger partial charge on any atom is -0.466 e. The van der Waals surface area contributed by atoms with E-state index >= 15 is 0 Å². The van der Waals surface area contributed by atoms with Crippen molar-refractivity contribution in [1.82, 2.24) is 14.5 Å². The van der Waals surface area contributed by atoms with Gasteiger partial charge in [0.15, 0.2) is 5.16 Å². The van der Waals surface area contributed by atoms with Crippen LogP contribution in [0.5, 0.6) is 0 Å². The Morgan fingerprint density at radius 2 is 1.97 bits per heavy atom. The number of likely N-dealkylation sites (tertiary alicyclic amines) is 1. The zero-order valence-electron chi connectivity index (χ0n) is 20.7. The van der Waals surface area contributed by atoms with Gasteiger partial charge in [-0.15, -0.1) is 0 Å². The van der Waals surface area contributed by atoms with E-state index in [4.69, 9.17) is 9.72 Å². The number of amides is 1. The van der Waals surface area contributed by atoms with Crippen LogP contribution in [0.1, 0.15) is 58.8 Å². The molecule has 1 aliphatic carbocycles. The molecule has 1 aromatic heterocycles. The molecule has 0 saturated carbocycles. The summed E-state index contributed by atoms with van der Waals surface area (Å²) in [6, 6.07) is 7.40. The highest BCUT2D eigenvalue weighted by atomic mass is 32.2. The Hall–Kier alpha value is -2.61. The normalized spacial score (nSPS) is 17.8. The first kappa shape index (κ1) is 25.5. The second-order valence-corrected chi connectivity index (χ2v) is 10.6. The summed E-state index contributed by atoms with van der Waals surface area (Å²) in [5.41, 5.74) is 2.01. The molecule has 188 valence electrons. The van der Waals surface area contributed by atoms with Crippen molar-refractivity contribution >= 4 is 34.5 Å². The zero-order chi connectivity index (χ0) is 24.8. The van der Waals surface area contributed by atoms with Crippen LogP contribution in [0.25, 0.3) is 10.9 Å². The second-order valence-electron chi connectivity index (χ2n) is 9.34. The minimum absolute atomic E-state index is 0.0151. The van der Waals surface area contributed by atoms with Gasteiger partial charge in [0.05, 0.1) is 28.7 Å². The van der Waals surface area contributed by atoms with Crippen molar-refractivity contribution in [3.63, 3.8) is 0 Å². The van der Waals surface area contributed by atoms with E-state index in [0.717, 1.165) is 19.3 Å². The van der Waals surface area contributed by atoms with Crippen LogP contribution in [0.15, 0.2) is 45.9 Å². The van der Waals surface area contributed by atoms with Gasteiger partial charge < -0.3 is 9.64 Å². The molecular weight excluding hydrogens is 462 g/mol. The Morgan fingerprint density at radius 1 is 1.20 bits per heavy atom. The zero-order valence-corrected chi connectivity index (χ0v) is 21.5. The fourth-order valence-corrected chi connectivity index (χ4v) is 5.90. The number of carbonyl (C=O) groups excluding carboxylic acids is 2. The maximum Gasteiger partial charge on any atom is 0.309 e. The number of esters is 1. The molecule has 1 atom stereocenters. The van der Waals surface area contributed by atoms with Crippen molar-refractivity contribution in [1.29, 1.82) is 0 Å². The van der Waals surface area contributed by atoms with Gasteiger partial charge >= 0.3 is 5.97 Å². The number of hydrogen-bond donors (Lipinski definition) is 0. The summed E-state index contributed by atoms with van der Waals surface area (Å²) < 4.78 is 6.89. The van der Waals surface area contributed by atoms with E-state index < -0.39 is 0 Å². The summed E-state index contributed by atoms with van der Waals surface area (Å²) >= 11 is 1.35. The summed E-state index contributed by atoms with van der Waals surface area (Å²) in [4.78, 5) is 45.3. The summed E-state index contributed by atoms with van der Waals surface area (Å²) in [5.74, 6) is -0.288. The van der Waals surface area contributed by atoms with E-state index in [1.165, 1.54) is 30.2 Å². The fraction of sp³-hybridized carbons (Fsp3) is 0.556. The average Bonchev–Trinajstić information content (AvgIpc) is 2.89. The highest BCUT2D eigenvalue weighted by Gasteiger charge is 2.31. The number of carbonyl (C=O) groups is 2. The lowest BCUT2D eigenvalue weighted by atomic mass is 9.97. The number of aromatic nitrogens is 2. The van der Waals surface area contributed by atoms with Gasteiger partial charge in [-0.25, -0.2) is 4.98 Å². The number of nitrogens with zero attached hydrogens (tertiary/aromatic N) is 3. The molecule has 7 nitrogen and oxygen atoms in total. The predicted molar refractivity (Wildman–Crippen MR) is 138 cm³/mol. The van der Waals surface area contributed by atoms with Gasteiger partial charge in [0.25, 0.3) is 5.56 Å². The molecule has 0 radical (unpaired) electrons. The molecule has 1 aromatic carbocycles. The number of ether oxygens (including phenoxy) is 1. The van der Waals surface area contributed by atoms with Crippen molar-refractivity contribution < 1.29 is 14.3 Å². The third-order valence-corrected chi connectivity index (χ3v) is 8.00. The van der Waals surface area contributed by atoms with Crippen LogP contribution in [-0.4, -0.2) is 51.3 Å². The van der Waals surface area contributed by atoms with E-state index in [0.29, 0.717) is 55.1 Å². The molecule has 2 heterocycles. The number of hydrogen-bond acceptors (Lipinski definition) is 6. The first-order valence-corrected chi connectivity index (χ1v) is 13.7. The Balaban J connectivity index is 1.49. The molecule has 1 unspecified atom stereocenters. The van der Waals surface area contributed by atoms with Gasteiger partial charge in [0.2, 0.25) is 5.91 Å². The van der Waals surface area contributed by atoms with Crippen molar-refractivity contribution in [2.75, 3.05) is 19.7 Å². The summed E-state index contributed by atoms with van der Waals surface area (Å²) in [5, 5.41) is 0.809. The number of fused-ring (bicyclic) bond motifs is 1. The maximum absolute atomic E-state index is 13.4. The van der Waals surface area contributed by atoms with Crippen LogP contribution < -0.4 is 5.56 Å². The quantitative estimate of drug-likeness (QED) is 0.230. The van der Waals surface area contributed by atoms with E-state index in [1.807, 2.05) is 43.0 Å². The smallest absolute Gasteiger partial charge is 0.309 e. The fourth-order valence-electron chi connectivity index (χ4n) is 4.88. The highest BCUT2D eigenvalue weighted by molar-refractivity contribution is 8.00. The lowest BCUT2D eigenvalue weighted by Crippen LogP contribution is -2.43. The third-order valence-electron chi connectivity index (χ3n) is 6.92. The summed E-state index contributed by atoms with van der Waals surface area (Å²) in [7, 11) is 0. The molecule has 1 fully saturated rings. The highest BCUT2D eigenvalue weighted by Crippen LogP contribution is 2.27. The van der Waals surface area contributed by atoms with E-state index in [-0.39, 0.29) is 28.6 Å². The van der Waals surface area contributed by atoms with Crippen LogP contribution in [0, 0.1) is 5.92 Å². The van der Waals surface area contributed by atoms with Crippen LogP contribution in [0.3, 0.4) is 0 Å². The van der Waals surface area contributed by atoms with Gasteiger partial charge in [0, 0.05) is 19.6 Å². The van der Waals surface area contributed by atoms with E-state index in [1.54, 1.807) is 4.57 Å². The standard InChI is InChI=1S/C27H35N3O4S/c1-3-34-26(33)21-14-16-29(17-15-21)24(31)19(2)35-27-28-23-12-8-7-11-22(23)25(32)30(27)18-13-20-9-5-4-6-10-20/h7-9,11-12,19,21H,3-6,10,13-18H2,1-2H3. The van der Waals surface area contributed by atoms with Crippen molar-refractivity contribution in [3.05, 3.63) is 46.3 Å². The molecular formula is C27H35N3O4S. The number of thioether (sulfide) groups is 1. The predicted octanol–water partition coefficient (Wildman–Crippen LogP) is 4.57. The Bertz CT molecular complexity index is 1150. The van der Waals surface area contributed by atoms with Gasteiger partial charge in [0.1, 0.15) is 0 Å². The Labute approximate surface area is 210 Å². The molecule has 8 heteroatoms. The molecule has 1 saturated heterocycles. The van der Waals surface area contributed by atoms with Crippen LogP contribution in [0.4, 0.5) is 0 Å². The molecule has 2 aliphatic rings. The lowest BCUT2D eigenvalue weighted by Gasteiger charge is -2.32. The lowest BCUT2D eigenvalue weighted by molar-refractivity contribution is -0.151. The molecule has 1 aliphatic heterocycles. The van der Waals surface area contributed by atoms with E-state index in [9.17, 15) is 14.4 Å². The van der Waals surface area contributed by atoms with Crippen LogP contribution >= 0.6 is 11.8 Å². The number of allylic oxidation sites excluding steroid dienone is 2. The summed E-state index contributed by atoms with van der Waals surface area (Å²) in [6.07, 6.45) is 9.02. The summed E-state index contributed by atoms with van der Waals surface area (Å²) in [6.45, 7) is 5.71. The van der Waals surface area contributed by atoms with Gasteiger partial charge in [-0.3, -0.25) is 19.0 Å². The van der Waals surface area contributed by atoms with Gasteiger partial charge in [-0.1, -0.05) is 35.5 Å². The van der Waals surface area contributed by atoms with Gasteiger partial charge in [-0.05, 0) is 70.9 Å². The minimum atomic E-state index is -0.387. The first-order chi connectivity index (χ1) is 17.0. The molecule has 1 amide bonds. The molecule has 4 rings (SSSR count). The Kier molecular flexibility index (Phi) is 8.65. The number of benzene rings is 1. The number of rotatable bonds is 8. The SMILES string of the molecule is CCOC(=O)C1CCN(C(=O)C(C)Sc2nc3ccccc3c(=O)n2CCC2=CCCCC2)CC1. The molecule has 35 heavy (non-hydrogen) atoms. The topological polar surface area (TPSA) is 81.5 Å². The van der Waals surface area contributed by atoms with E-state index in [2.05, 4.69) is 6.08 Å². The number of piperidine rings is 1. The molecule has 2 aromatic rings. The molecule has 0 spiro atoms. The average molecular weight is 498 g/mol. The first-order valence-electron chi connectivity index (χ1n) is 12.8. The Morgan fingerprint density at radius 3 is 2.69 bits per heavy atom. The molecule has 0 N–H and O–H groups in total. The van der Waals surface area contributed by atoms with Crippen molar-refractivity contribution in [2.24, 2.45) is 5.92 Å². The molecule has 0 bridgehead atoms. The second kappa shape index (κ2) is 11.9.